The van der Waals surface area contributed by atoms with E-state index in [1.165, 1.54) is 0 Å². The first-order chi connectivity index (χ1) is 15.4. The third-order valence-corrected chi connectivity index (χ3v) is 5.32. The third kappa shape index (κ3) is 4.01. The molecule has 0 bridgehead atoms. The molecule has 0 unspecified atom stereocenters. The Morgan fingerprint density at radius 2 is 1.41 bits per heavy atom. The van der Waals surface area contributed by atoms with Gasteiger partial charge in [-0.2, -0.15) is 0 Å². The van der Waals surface area contributed by atoms with Gasteiger partial charge in [0.1, 0.15) is 29.1 Å². The highest BCUT2D eigenvalue weighted by molar-refractivity contribution is 6.03. The molecule has 7 heteroatoms. The number of fused-ring (bicyclic) bond motifs is 2. The van der Waals surface area contributed by atoms with Crippen molar-refractivity contribution in [3.05, 3.63) is 95.3 Å². The minimum absolute atomic E-state index is 0.0186. The van der Waals surface area contributed by atoms with Crippen molar-refractivity contribution in [2.45, 2.75) is 12.5 Å². The SMILES string of the molecule is COC(=O)[C@H](Cc1c2ccccc2cc2ccccc12)NC(=O)c1c(F)cc(F)cc1F. The van der Waals surface area contributed by atoms with Crippen LogP contribution in [0.25, 0.3) is 21.5 Å². The number of nitrogens with one attached hydrogen (secondary N) is 1. The van der Waals surface area contributed by atoms with E-state index in [0.717, 1.165) is 34.2 Å². The van der Waals surface area contributed by atoms with E-state index in [9.17, 15) is 22.8 Å². The first kappa shape index (κ1) is 21.4. The summed E-state index contributed by atoms with van der Waals surface area (Å²) in [4.78, 5) is 25.1. The Hall–Kier alpha value is -3.87. The number of hydrogen-bond donors (Lipinski definition) is 1. The van der Waals surface area contributed by atoms with E-state index < -0.39 is 40.9 Å². The summed E-state index contributed by atoms with van der Waals surface area (Å²) < 4.78 is 46.2. The highest BCUT2D eigenvalue weighted by Crippen LogP contribution is 2.29. The molecule has 1 amide bonds. The van der Waals surface area contributed by atoms with Gasteiger partial charge in [-0.25, -0.2) is 18.0 Å². The Labute approximate surface area is 181 Å². The van der Waals surface area contributed by atoms with Crippen LogP contribution in [-0.2, 0) is 16.0 Å². The smallest absolute Gasteiger partial charge is 0.328 e. The number of carbonyl (C=O) groups is 2. The number of esters is 1. The fourth-order valence-electron chi connectivity index (χ4n) is 3.86. The Morgan fingerprint density at radius 3 is 1.94 bits per heavy atom. The summed E-state index contributed by atoms with van der Waals surface area (Å²) in [5, 5.41) is 5.96. The fraction of sp³-hybridized carbons (Fsp3) is 0.120. The topological polar surface area (TPSA) is 55.4 Å². The minimum atomic E-state index is -1.36. The van der Waals surface area contributed by atoms with Crippen LogP contribution in [0.1, 0.15) is 15.9 Å². The number of benzene rings is 4. The monoisotopic (exact) mass is 437 g/mol. The number of halogens is 3. The van der Waals surface area contributed by atoms with Crippen LogP contribution in [0, 0.1) is 17.5 Å². The van der Waals surface area contributed by atoms with Crippen molar-refractivity contribution in [2.75, 3.05) is 7.11 Å². The molecule has 0 heterocycles. The van der Waals surface area contributed by atoms with Crippen molar-refractivity contribution in [3.63, 3.8) is 0 Å². The molecule has 162 valence electrons. The summed E-state index contributed by atoms with van der Waals surface area (Å²) >= 11 is 0. The van der Waals surface area contributed by atoms with Gasteiger partial charge in [-0.05, 0) is 33.2 Å². The van der Waals surface area contributed by atoms with E-state index in [1.807, 2.05) is 54.6 Å². The summed E-state index contributed by atoms with van der Waals surface area (Å²) in [5.74, 6) is -5.83. The van der Waals surface area contributed by atoms with Crippen molar-refractivity contribution < 1.29 is 27.5 Å². The van der Waals surface area contributed by atoms with E-state index >= 15 is 0 Å². The predicted molar refractivity (Wildman–Crippen MR) is 115 cm³/mol. The lowest BCUT2D eigenvalue weighted by molar-refractivity contribution is -0.142. The van der Waals surface area contributed by atoms with Gasteiger partial charge in [0.2, 0.25) is 0 Å². The first-order valence-corrected chi connectivity index (χ1v) is 9.81. The average molecular weight is 437 g/mol. The Balaban J connectivity index is 1.77. The van der Waals surface area contributed by atoms with E-state index in [4.69, 9.17) is 4.74 Å². The van der Waals surface area contributed by atoms with E-state index in [0.29, 0.717) is 12.1 Å². The lowest BCUT2D eigenvalue weighted by atomic mass is 9.92. The Kier molecular flexibility index (Phi) is 5.81. The number of carbonyl (C=O) groups excluding carboxylic acids is 2. The van der Waals surface area contributed by atoms with Crippen LogP contribution in [0.3, 0.4) is 0 Å². The molecular weight excluding hydrogens is 419 g/mol. The van der Waals surface area contributed by atoms with Crippen LogP contribution >= 0.6 is 0 Å². The van der Waals surface area contributed by atoms with Crippen LogP contribution in [0.4, 0.5) is 13.2 Å². The minimum Gasteiger partial charge on any atom is -0.467 e. The summed E-state index contributed by atoms with van der Waals surface area (Å²) in [7, 11) is 1.15. The second-order valence-corrected chi connectivity index (χ2v) is 7.30. The molecule has 0 radical (unpaired) electrons. The van der Waals surface area contributed by atoms with E-state index in [-0.39, 0.29) is 6.42 Å². The summed E-state index contributed by atoms with van der Waals surface area (Å²) in [6.45, 7) is 0. The molecule has 4 nitrogen and oxygen atoms in total. The molecule has 1 N–H and O–H groups in total. The molecule has 4 aromatic carbocycles. The zero-order valence-corrected chi connectivity index (χ0v) is 17.0. The fourth-order valence-corrected chi connectivity index (χ4v) is 3.86. The quantitative estimate of drug-likeness (QED) is 0.356. The van der Waals surface area contributed by atoms with Gasteiger partial charge in [-0.15, -0.1) is 0 Å². The molecule has 4 aromatic rings. The lowest BCUT2D eigenvalue weighted by Gasteiger charge is -2.19. The Bertz CT molecular complexity index is 1280. The summed E-state index contributed by atoms with van der Waals surface area (Å²) in [6.07, 6.45) is 0.0186. The molecule has 4 rings (SSSR count). The van der Waals surface area contributed by atoms with Gasteiger partial charge >= 0.3 is 5.97 Å². The van der Waals surface area contributed by atoms with Crippen molar-refractivity contribution in [3.8, 4) is 0 Å². The van der Waals surface area contributed by atoms with Crippen LogP contribution in [0.5, 0.6) is 0 Å². The highest BCUT2D eigenvalue weighted by Gasteiger charge is 2.27. The second-order valence-electron chi connectivity index (χ2n) is 7.30. The number of hydrogen-bond acceptors (Lipinski definition) is 3. The predicted octanol–water partition coefficient (Wildman–Crippen LogP) is 4.92. The molecule has 0 aliphatic rings. The Morgan fingerprint density at radius 1 is 0.875 bits per heavy atom. The van der Waals surface area contributed by atoms with Crippen LogP contribution in [0.2, 0.25) is 0 Å². The zero-order valence-electron chi connectivity index (χ0n) is 17.0. The van der Waals surface area contributed by atoms with Crippen LogP contribution in [-0.4, -0.2) is 25.0 Å². The number of amides is 1. The standard InChI is InChI=1S/C25H18F3NO3/c1-32-25(31)22(29-24(30)23-20(27)11-16(26)12-21(23)28)13-19-17-8-4-2-6-14(17)10-15-7-3-5-9-18(15)19/h2-12,22H,13H2,1H3,(H,29,30)/t22-/m0/s1. The molecule has 0 fully saturated rings. The van der Waals surface area contributed by atoms with Crippen molar-refractivity contribution in [1.82, 2.24) is 5.32 Å². The van der Waals surface area contributed by atoms with Crippen molar-refractivity contribution >= 4 is 33.4 Å². The van der Waals surface area contributed by atoms with Gasteiger partial charge in [0.05, 0.1) is 7.11 Å². The van der Waals surface area contributed by atoms with Gasteiger partial charge < -0.3 is 10.1 Å². The molecular formula is C25H18F3NO3. The highest BCUT2D eigenvalue weighted by atomic mass is 19.1. The molecule has 0 saturated carbocycles. The van der Waals surface area contributed by atoms with E-state index in [1.54, 1.807) is 0 Å². The maximum atomic E-state index is 14.1. The number of ether oxygens (including phenoxy) is 1. The van der Waals surface area contributed by atoms with Crippen molar-refractivity contribution in [1.29, 1.82) is 0 Å². The van der Waals surface area contributed by atoms with Crippen LogP contribution < -0.4 is 5.32 Å². The van der Waals surface area contributed by atoms with Gasteiger partial charge in [-0.3, -0.25) is 4.79 Å². The van der Waals surface area contributed by atoms with Gasteiger partial charge in [0.25, 0.3) is 5.91 Å². The number of methoxy groups -OCH3 is 1. The normalized spacial score (nSPS) is 12.0. The van der Waals surface area contributed by atoms with E-state index in [2.05, 4.69) is 5.32 Å². The maximum Gasteiger partial charge on any atom is 0.328 e. The second kappa shape index (κ2) is 8.70. The maximum absolute atomic E-state index is 14.1. The number of rotatable bonds is 5. The largest absolute Gasteiger partial charge is 0.467 e. The van der Waals surface area contributed by atoms with Crippen LogP contribution in [0.15, 0.2) is 66.7 Å². The molecule has 1 atom stereocenters. The van der Waals surface area contributed by atoms with Crippen molar-refractivity contribution in [2.24, 2.45) is 0 Å². The molecule has 0 aromatic heterocycles. The zero-order chi connectivity index (χ0) is 22.8. The summed E-state index contributed by atoms with van der Waals surface area (Å²) in [5.41, 5.74) is -0.197. The summed E-state index contributed by atoms with van der Waals surface area (Å²) in [6, 6.07) is 16.7. The van der Waals surface area contributed by atoms with Gasteiger partial charge in [-0.1, -0.05) is 48.5 Å². The first-order valence-electron chi connectivity index (χ1n) is 9.81. The van der Waals surface area contributed by atoms with Gasteiger partial charge in [0, 0.05) is 18.6 Å². The molecule has 0 spiro atoms. The third-order valence-electron chi connectivity index (χ3n) is 5.32. The molecule has 32 heavy (non-hydrogen) atoms. The average Bonchev–Trinajstić information content (AvgIpc) is 2.77. The molecule has 0 saturated heterocycles. The molecule has 0 aliphatic heterocycles. The molecule has 0 aliphatic carbocycles. The van der Waals surface area contributed by atoms with Gasteiger partial charge in [0.15, 0.2) is 0 Å². The lowest BCUT2D eigenvalue weighted by Crippen LogP contribution is -2.43.